The van der Waals surface area contributed by atoms with Gasteiger partial charge < -0.3 is 0 Å². The highest BCUT2D eigenvalue weighted by molar-refractivity contribution is 5.66. The average Bonchev–Trinajstić information content (AvgIpc) is 0.800. The van der Waals surface area contributed by atoms with Crippen LogP contribution in [0.3, 0.4) is 0 Å². The third kappa shape index (κ3) is 29.8. The van der Waals surface area contributed by atoms with Crippen molar-refractivity contribution in [1.82, 2.24) is 0 Å². The first-order valence-electron chi connectivity index (χ1n) is 54.5. The zero-order chi connectivity index (χ0) is 87.7. The fourth-order valence-electron chi connectivity index (χ4n) is 26.8. The van der Waals surface area contributed by atoms with Crippen LogP contribution in [0, 0.1) is 101 Å². The van der Waals surface area contributed by atoms with Gasteiger partial charge in [0.05, 0.1) is 0 Å². The molecule has 0 N–H and O–H groups in total. The Morgan fingerprint density at radius 1 is 0.240 bits per heavy atom. The van der Waals surface area contributed by atoms with Gasteiger partial charge in [-0.15, -0.1) is 0 Å². The lowest BCUT2D eigenvalue weighted by Gasteiger charge is -2.38. The average molecular weight is 1710 g/mol. The predicted molar refractivity (Wildman–Crippen MR) is 531 cm³/mol. The SMILES string of the molecule is CCCC1CCC(C2CCC(CCc3ccc(-c4ccc(CC)cc4F)cc3)CC2)CC1.CCCC1CCC(c2ccc(C3CCC(C4CCC(CC)CC4)CC3)c(F)c2F)CC1.CCCCCC1CCC(c2ccc(-c3ccc(C4CCC(CCC)CC4)cc3)c(F)c2)CC1.CCCCCC1CCC(c2ccc(C3CCC(CCCCC)CC3)c(C)c2)CC1. The van der Waals surface area contributed by atoms with Crippen LogP contribution in [-0.4, -0.2) is 0 Å². The van der Waals surface area contributed by atoms with E-state index in [1.807, 2.05) is 36.4 Å². The summed E-state index contributed by atoms with van der Waals surface area (Å²) in [6.45, 7) is 20.6. The number of halogens is 4. The summed E-state index contributed by atoms with van der Waals surface area (Å²) >= 11 is 0. The minimum Gasteiger partial charge on any atom is -0.206 e. The largest absolute Gasteiger partial charge is 0.206 e. The first-order valence-corrected chi connectivity index (χ1v) is 54.5. The van der Waals surface area contributed by atoms with Gasteiger partial charge in [-0.2, -0.15) is 0 Å². The van der Waals surface area contributed by atoms with Crippen LogP contribution in [0.1, 0.15) is 501 Å². The van der Waals surface area contributed by atoms with Crippen LogP contribution < -0.4 is 0 Å². The molecule has 0 atom stereocenters. The monoisotopic (exact) mass is 1710 g/mol. The van der Waals surface area contributed by atoms with E-state index in [1.54, 1.807) is 22.8 Å². The Kier molecular flexibility index (Phi) is 41.9. The molecule has 9 saturated carbocycles. The van der Waals surface area contributed by atoms with Gasteiger partial charge in [-0.05, 0) is 399 Å². The van der Waals surface area contributed by atoms with E-state index in [2.05, 4.69) is 135 Å². The Morgan fingerprint density at radius 3 is 0.912 bits per heavy atom. The maximum Gasteiger partial charge on any atom is 0.162 e. The summed E-state index contributed by atoms with van der Waals surface area (Å²) in [6, 6.07) is 40.6. The highest BCUT2D eigenvalue weighted by Crippen LogP contribution is 2.50. The molecule has 15 rings (SSSR count). The first kappa shape index (κ1) is 99.1. The molecule has 9 aliphatic carbocycles. The molecule has 692 valence electrons. The number of rotatable bonds is 33. The minimum atomic E-state index is -0.531. The molecule has 4 heteroatoms. The minimum absolute atomic E-state index is 0.0506. The lowest BCUT2D eigenvalue weighted by atomic mass is 9.68. The molecule has 0 aliphatic heterocycles. The second-order valence-corrected chi connectivity index (χ2v) is 43.6. The maximum atomic E-state index is 15.2. The summed E-state index contributed by atoms with van der Waals surface area (Å²) in [7, 11) is 0. The summed E-state index contributed by atoms with van der Waals surface area (Å²) in [5.41, 5.74) is 14.8. The standard InChI is InChI=1S/C32H45F.C31H43F.C29H44F2.C29H48/c1-3-5-6-8-25-11-15-28(16-12-25)30-21-22-31(32(33)23-30)29-19-17-27(18-20-29)26-13-9-24(7-4-2)10-14-26;1-3-5-24-8-15-27(16-9-24)28-17-10-25(11-18-28)6-7-26-12-19-29(20-13-26)30-21-14-23(4-2)22-31(30)32;1-3-5-21-8-12-24(13-9-21)26-18-19-27(29(31)28(26)30)25-16-14-23(15-17-25)22-10-6-20(4-2)7-11-22;1-4-6-8-10-24-12-16-26(17-13-24)28-20-21-29(23(3)22-28)27-18-14-25(15-19-27)11-9-7-5-2/h17-26,28H,3-16H2,1-2H3;12-14,19-22,24-25,27-28H,3-11,15-18H2,1-2H3;18-25H,3-17H2,1-2H3;20-22,24-27H,4-19H2,1-3H3. The summed E-state index contributed by atoms with van der Waals surface area (Å²) in [5, 5.41) is 0. The zero-order valence-corrected chi connectivity index (χ0v) is 81.4. The number of hydrogen-bond donors (Lipinski definition) is 0. The smallest absolute Gasteiger partial charge is 0.162 e. The van der Waals surface area contributed by atoms with Crippen LogP contribution in [0.5, 0.6) is 0 Å². The summed E-state index contributed by atoms with van der Waals surface area (Å²) < 4.78 is 59.8. The van der Waals surface area contributed by atoms with Crippen LogP contribution in [0.4, 0.5) is 17.6 Å². The van der Waals surface area contributed by atoms with Crippen molar-refractivity contribution in [3.05, 3.63) is 189 Å². The highest BCUT2D eigenvalue weighted by atomic mass is 19.2. The molecular formula is C121H180F4. The fourth-order valence-corrected chi connectivity index (χ4v) is 26.8. The molecule has 125 heavy (non-hydrogen) atoms. The topological polar surface area (TPSA) is 0 Å². The van der Waals surface area contributed by atoms with Crippen molar-refractivity contribution in [2.45, 2.75) is 470 Å². The molecule has 0 radical (unpaired) electrons. The van der Waals surface area contributed by atoms with E-state index in [1.165, 1.54) is 351 Å². The molecule has 9 aliphatic rings. The van der Waals surface area contributed by atoms with Crippen LogP contribution in [0.25, 0.3) is 22.3 Å². The molecular weight excluding hydrogens is 1530 g/mol. The van der Waals surface area contributed by atoms with Gasteiger partial charge in [0.25, 0.3) is 0 Å². The Bertz CT molecular complexity index is 3940. The van der Waals surface area contributed by atoms with Crippen molar-refractivity contribution >= 4 is 0 Å². The summed E-state index contributed by atoms with van der Waals surface area (Å²) in [5.74, 6) is 13.4. The van der Waals surface area contributed by atoms with E-state index < -0.39 is 11.6 Å². The van der Waals surface area contributed by atoms with E-state index in [0.717, 1.165) is 149 Å². The first-order chi connectivity index (χ1) is 61.1. The van der Waals surface area contributed by atoms with Gasteiger partial charge in [0.1, 0.15) is 11.6 Å². The summed E-state index contributed by atoms with van der Waals surface area (Å²) in [4.78, 5) is 0. The Labute approximate surface area is 764 Å². The molecule has 0 aromatic heterocycles. The molecule has 0 nitrogen and oxygen atoms in total. The lowest BCUT2D eigenvalue weighted by Crippen LogP contribution is -2.26. The zero-order valence-electron chi connectivity index (χ0n) is 81.4. The van der Waals surface area contributed by atoms with E-state index in [4.69, 9.17) is 0 Å². The molecule has 0 unspecified atom stereocenters. The van der Waals surface area contributed by atoms with Crippen molar-refractivity contribution < 1.29 is 17.6 Å². The van der Waals surface area contributed by atoms with Crippen molar-refractivity contribution in [1.29, 1.82) is 0 Å². The number of benzene rings is 6. The van der Waals surface area contributed by atoms with Crippen molar-refractivity contribution in [2.24, 2.45) is 71.0 Å². The third-order valence-electron chi connectivity index (χ3n) is 35.3. The highest BCUT2D eigenvalue weighted by Gasteiger charge is 2.36. The molecule has 0 heterocycles. The van der Waals surface area contributed by atoms with Crippen molar-refractivity contribution in [3.8, 4) is 22.3 Å². The van der Waals surface area contributed by atoms with Crippen LogP contribution in [0.2, 0.25) is 0 Å². The number of hydrogen-bond acceptors (Lipinski definition) is 0. The molecule has 6 aromatic carbocycles. The number of unbranched alkanes of at least 4 members (excludes halogenated alkanes) is 6. The van der Waals surface area contributed by atoms with E-state index in [0.29, 0.717) is 23.0 Å². The van der Waals surface area contributed by atoms with Crippen LogP contribution in [-0.2, 0) is 12.8 Å². The molecule has 0 spiro atoms. The van der Waals surface area contributed by atoms with E-state index in [-0.39, 0.29) is 23.5 Å². The van der Waals surface area contributed by atoms with Gasteiger partial charge in [-0.25, -0.2) is 17.6 Å². The van der Waals surface area contributed by atoms with Gasteiger partial charge in [-0.3, -0.25) is 0 Å². The molecule has 0 bridgehead atoms. The Morgan fingerprint density at radius 2 is 0.536 bits per heavy atom. The molecule has 0 amide bonds. The van der Waals surface area contributed by atoms with Crippen LogP contribution in [0.15, 0.2) is 115 Å². The fraction of sp³-hybridized carbons (Fsp3) is 0.702. The van der Waals surface area contributed by atoms with E-state index >= 15 is 13.2 Å². The van der Waals surface area contributed by atoms with Gasteiger partial charge in [0.2, 0.25) is 0 Å². The van der Waals surface area contributed by atoms with Gasteiger partial charge >= 0.3 is 0 Å². The molecule has 9 fully saturated rings. The second-order valence-electron chi connectivity index (χ2n) is 43.6. The van der Waals surface area contributed by atoms with Gasteiger partial charge in [-0.1, -0.05) is 319 Å². The number of aryl methyl sites for hydroxylation is 3. The van der Waals surface area contributed by atoms with Crippen molar-refractivity contribution in [2.75, 3.05) is 0 Å². The van der Waals surface area contributed by atoms with Gasteiger partial charge in [0, 0.05) is 11.1 Å². The molecule has 0 saturated heterocycles. The third-order valence-corrected chi connectivity index (χ3v) is 35.3. The quantitative estimate of drug-likeness (QED) is 0.0285. The van der Waals surface area contributed by atoms with Gasteiger partial charge in [0.15, 0.2) is 11.6 Å². The van der Waals surface area contributed by atoms with Crippen LogP contribution >= 0.6 is 0 Å². The Hall–Kier alpha value is -4.96. The second kappa shape index (κ2) is 52.9. The normalized spacial score (nSPS) is 28.6. The lowest BCUT2D eigenvalue weighted by molar-refractivity contribution is 0.141. The van der Waals surface area contributed by atoms with Crippen molar-refractivity contribution in [3.63, 3.8) is 0 Å². The van der Waals surface area contributed by atoms with E-state index in [9.17, 15) is 4.39 Å². The molecule has 6 aromatic rings. The maximum absolute atomic E-state index is 15.2. The Balaban J connectivity index is 0.000000152. The summed E-state index contributed by atoms with van der Waals surface area (Å²) in [6.07, 6.45) is 78.0. The predicted octanol–water partition coefficient (Wildman–Crippen LogP) is 39.1.